The summed E-state index contributed by atoms with van der Waals surface area (Å²) in [4.78, 5) is 0. The number of aliphatic hydroxyl groups is 1. The van der Waals surface area contributed by atoms with Crippen molar-refractivity contribution in [3.63, 3.8) is 0 Å². The number of phenolic OH excluding ortho intramolecular Hbond substituents is 1. The fourth-order valence-corrected chi connectivity index (χ4v) is 1.83. The molecule has 2 aromatic rings. The van der Waals surface area contributed by atoms with Gasteiger partial charge in [-0.25, -0.2) is 0 Å². The second kappa shape index (κ2) is 5.89. The standard InChI is InChI=1S/C14H13BrO3/c15-10-5-7-11(8-6-10)18-9-14(17)12-3-1-2-4-13(12)16/h1-8,14,16-17H,9H2. The Hall–Kier alpha value is -1.52. The molecule has 18 heavy (non-hydrogen) atoms. The first-order chi connectivity index (χ1) is 8.66. The van der Waals surface area contributed by atoms with Gasteiger partial charge in [-0.3, -0.25) is 0 Å². The van der Waals surface area contributed by atoms with Crippen molar-refractivity contribution in [2.45, 2.75) is 6.10 Å². The SMILES string of the molecule is Oc1ccccc1C(O)COc1ccc(Br)cc1. The zero-order chi connectivity index (χ0) is 13.0. The molecule has 2 N–H and O–H groups in total. The van der Waals surface area contributed by atoms with Crippen LogP contribution in [0.5, 0.6) is 11.5 Å². The molecular formula is C14H13BrO3. The molecule has 0 saturated heterocycles. The minimum atomic E-state index is -0.852. The lowest BCUT2D eigenvalue weighted by Crippen LogP contribution is -2.09. The smallest absolute Gasteiger partial charge is 0.121 e. The maximum absolute atomic E-state index is 9.92. The average Bonchev–Trinajstić information content (AvgIpc) is 2.38. The lowest BCUT2D eigenvalue weighted by atomic mass is 10.1. The summed E-state index contributed by atoms with van der Waals surface area (Å²) in [6, 6.07) is 14.0. The van der Waals surface area contributed by atoms with E-state index in [0.717, 1.165) is 4.47 Å². The third-order valence-electron chi connectivity index (χ3n) is 2.52. The molecule has 0 aliphatic carbocycles. The van der Waals surface area contributed by atoms with Crippen molar-refractivity contribution in [3.8, 4) is 11.5 Å². The van der Waals surface area contributed by atoms with E-state index in [1.54, 1.807) is 18.2 Å². The summed E-state index contributed by atoms with van der Waals surface area (Å²) >= 11 is 3.33. The van der Waals surface area contributed by atoms with Crippen LogP contribution in [-0.2, 0) is 0 Å². The van der Waals surface area contributed by atoms with Gasteiger partial charge in [0.1, 0.15) is 24.2 Å². The van der Waals surface area contributed by atoms with Crippen LogP contribution in [0.3, 0.4) is 0 Å². The summed E-state index contributed by atoms with van der Waals surface area (Å²) < 4.78 is 6.42. The summed E-state index contributed by atoms with van der Waals surface area (Å²) in [7, 11) is 0. The second-order valence-electron chi connectivity index (χ2n) is 3.84. The van der Waals surface area contributed by atoms with Crippen LogP contribution in [-0.4, -0.2) is 16.8 Å². The first-order valence-corrected chi connectivity index (χ1v) is 6.30. The maximum atomic E-state index is 9.92. The summed E-state index contributed by atoms with van der Waals surface area (Å²) in [5.41, 5.74) is 0.467. The Morgan fingerprint density at radius 3 is 2.39 bits per heavy atom. The van der Waals surface area contributed by atoms with Crippen molar-refractivity contribution < 1.29 is 14.9 Å². The lowest BCUT2D eigenvalue weighted by molar-refractivity contribution is 0.106. The number of rotatable bonds is 4. The predicted octanol–water partition coefficient (Wildman–Crippen LogP) is 3.27. The van der Waals surface area contributed by atoms with Crippen LogP contribution in [0.15, 0.2) is 53.0 Å². The topological polar surface area (TPSA) is 49.7 Å². The number of para-hydroxylation sites is 1. The van der Waals surface area contributed by atoms with Crippen molar-refractivity contribution >= 4 is 15.9 Å². The zero-order valence-electron chi connectivity index (χ0n) is 9.58. The number of hydrogen-bond donors (Lipinski definition) is 2. The van der Waals surface area contributed by atoms with Crippen LogP contribution in [0.2, 0.25) is 0 Å². The highest BCUT2D eigenvalue weighted by molar-refractivity contribution is 9.10. The average molecular weight is 309 g/mol. The second-order valence-corrected chi connectivity index (χ2v) is 4.76. The van der Waals surface area contributed by atoms with E-state index in [1.165, 1.54) is 6.07 Å². The largest absolute Gasteiger partial charge is 0.508 e. The fraction of sp³-hybridized carbons (Fsp3) is 0.143. The van der Waals surface area contributed by atoms with E-state index < -0.39 is 6.10 Å². The van der Waals surface area contributed by atoms with Gasteiger partial charge in [-0.2, -0.15) is 0 Å². The molecule has 2 aromatic carbocycles. The van der Waals surface area contributed by atoms with Crippen molar-refractivity contribution in [2.75, 3.05) is 6.61 Å². The van der Waals surface area contributed by atoms with Gasteiger partial charge in [0.05, 0.1) is 0 Å². The van der Waals surface area contributed by atoms with Crippen molar-refractivity contribution in [3.05, 3.63) is 58.6 Å². The van der Waals surface area contributed by atoms with Gasteiger partial charge in [-0.1, -0.05) is 34.1 Å². The van der Waals surface area contributed by atoms with E-state index in [4.69, 9.17) is 4.74 Å². The molecule has 0 aromatic heterocycles. The first kappa shape index (κ1) is 12.9. The van der Waals surface area contributed by atoms with Gasteiger partial charge in [0, 0.05) is 10.0 Å². The first-order valence-electron chi connectivity index (χ1n) is 5.51. The van der Waals surface area contributed by atoms with Crippen molar-refractivity contribution in [1.82, 2.24) is 0 Å². The van der Waals surface area contributed by atoms with E-state index >= 15 is 0 Å². The molecule has 4 heteroatoms. The monoisotopic (exact) mass is 308 g/mol. The molecule has 0 aliphatic heterocycles. The minimum absolute atomic E-state index is 0.0735. The molecule has 0 heterocycles. The molecule has 0 fully saturated rings. The number of ether oxygens (including phenoxy) is 1. The van der Waals surface area contributed by atoms with Gasteiger partial charge in [-0.15, -0.1) is 0 Å². The van der Waals surface area contributed by atoms with Gasteiger partial charge in [0.2, 0.25) is 0 Å². The maximum Gasteiger partial charge on any atom is 0.121 e. The highest BCUT2D eigenvalue weighted by Crippen LogP contribution is 2.24. The number of aliphatic hydroxyl groups excluding tert-OH is 1. The van der Waals surface area contributed by atoms with Crippen molar-refractivity contribution in [2.24, 2.45) is 0 Å². The van der Waals surface area contributed by atoms with E-state index in [2.05, 4.69) is 15.9 Å². The van der Waals surface area contributed by atoms with E-state index in [-0.39, 0.29) is 12.4 Å². The lowest BCUT2D eigenvalue weighted by Gasteiger charge is -2.13. The van der Waals surface area contributed by atoms with E-state index in [9.17, 15) is 10.2 Å². The molecular weight excluding hydrogens is 296 g/mol. The minimum Gasteiger partial charge on any atom is -0.508 e. The third-order valence-corrected chi connectivity index (χ3v) is 3.05. The molecule has 0 spiro atoms. The molecule has 94 valence electrons. The van der Waals surface area contributed by atoms with Gasteiger partial charge < -0.3 is 14.9 Å². The quantitative estimate of drug-likeness (QED) is 0.911. The van der Waals surface area contributed by atoms with Crippen molar-refractivity contribution in [1.29, 1.82) is 0 Å². The molecule has 3 nitrogen and oxygen atoms in total. The molecule has 0 saturated carbocycles. The van der Waals surface area contributed by atoms with Gasteiger partial charge in [-0.05, 0) is 30.3 Å². The summed E-state index contributed by atoms with van der Waals surface area (Å²) in [5, 5.41) is 19.5. The highest BCUT2D eigenvalue weighted by atomic mass is 79.9. The molecule has 0 aliphatic rings. The Balaban J connectivity index is 1.98. The Kier molecular flexibility index (Phi) is 4.23. The summed E-state index contributed by atoms with van der Waals surface area (Å²) in [6.45, 7) is 0.0964. The third kappa shape index (κ3) is 3.24. The Labute approximate surface area is 114 Å². The fourth-order valence-electron chi connectivity index (χ4n) is 1.57. The highest BCUT2D eigenvalue weighted by Gasteiger charge is 2.12. The molecule has 0 bridgehead atoms. The number of phenols is 1. The van der Waals surface area contributed by atoms with E-state index in [0.29, 0.717) is 11.3 Å². The Morgan fingerprint density at radius 2 is 1.72 bits per heavy atom. The number of aromatic hydroxyl groups is 1. The number of hydrogen-bond acceptors (Lipinski definition) is 3. The van der Waals surface area contributed by atoms with Crippen LogP contribution >= 0.6 is 15.9 Å². The van der Waals surface area contributed by atoms with Gasteiger partial charge in [0.25, 0.3) is 0 Å². The summed E-state index contributed by atoms with van der Waals surface area (Å²) in [6.07, 6.45) is -0.852. The van der Waals surface area contributed by atoms with Crippen LogP contribution < -0.4 is 4.74 Å². The van der Waals surface area contributed by atoms with Crippen LogP contribution in [0.25, 0.3) is 0 Å². The van der Waals surface area contributed by atoms with Gasteiger partial charge >= 0.3 is 0 Å². The molecule has 0 radical (unpaired) electrons. The van der Waals surface area contributed by atoms with Gasteiger partial charge in [0.15, 0.2) is 0 Å². The molecule has 0 amide bonds. The van der Waals surface area contributed by atoms with Crippen LogP contribution in [0, 0.1) is 0 Å². The van der Waals surface area contributed by atoms with E-state index in [1.807, 2.05) is 24.3 Å². The van der Waals surface area contributed by atoms with Crippen LogP contribution in [0.4, 0.5) is 0 Å². The van der Waals surface area contributed by atoms with Crippen LogP contribution in [0.1, 0.15) is 11.7 Å². The predicted molar refractivity (Wildman–Crippen MR) is 72.7 cm³/mol. The Bertz CT molecular complexity index is 511. The molecule has 2 rings (SSSR count). The molecule has 1 atom stereocenters. The number of halogens is 1. The normalized spacial score (nSPS) is 12.1. The number of benzene rings is 2. The Morgan fingerprint density at radius 1 is 1.06 bits per heavy atom. The molecule has 1 unspecified atom stereocenters. The summed E-state index contributed by atoms with van der Waals surface area (Å²) in [5.74, 6) is 0.747. The zero-order valence-corrected chi connectivity index (χ0v) is 11.2.